The normalized spacial score (nSPS) is 26.2. The zero-order valence-electron chi connectivity index (χ0n) is 14.9. The second kappa shape index (κ2) is 7.11. The molecule has 0 amide bonds. The van der Waals surface area contributed by atoms with E-state index < -0.39 is 10.2 Å². The summed E-state index contributed by atoms with van der Waals surface area (Å²) < 4.78 is 30.3. The second-order valence-electron chi connectivity index (χ2n) is 7.17. The van der Waals surface area contributed by atoms with E-state index in [0.717, 1.165) is 44.7 Å². The van der Waals surface area contributed by atoms with E-state index in [1.807, 2.05) is 12.4 Å². The van der Waals surface area contributed by atoms with E-state index in [0.29, 0.717) is 19.0 Å². The van der Waals surface area contributed by atoms with Crippen LogP contribution in [0.4, 0.5) is 0 Å². The minimum atomic E-state index is -3.33. The molecule has 0 aromatic carbocycles. The minimum Gasteiger partial charge on any atom is -0.334 e. The Balaban J connectivity index is 1.75. The molecule has 3 fully saturated rings. The molecule has 0 N–H and O–H groups in total. The van der Waals surface area contributed by atoms with E-state index in [2.05, 4.69) is 21.4 Å². The van der Waals surface area contributed by atoms with Crippen molar-refractivity contribution in [3.8, 4) is 0 Å². The molecule has 136 valence electrons. The van der Waals surface area contributed by atoms with E-state index >= 15 is 0 Å². The predicted octanol–water partition coefficient (Wildman–Crippen LogP) is 0.996. The number of nitrogens with zero attached hydrogens (tertiary/aromatic N) is 5. The minimum absolute atomic E-state index is 0.283. The van der Waals surface area contributed by atoms with E-state index in [-0.39, 0.29) is 6.04 Å². The number of hydrogen-bond acceptors (Lipinski definition) is 4. The van der Waals surface area contributed by atoms with Crippen molar-refractivity contribution in [2.24, 2.45) is 5.92 Å². The fourth-order valence-corrected chi connectivity index (χ4v) is 5.09. The van der Waals surface area contributed by atoms with Gasteiger partial charge in [0.15, 0.2) is 0 Å². The Morgan fingerprint density at radius 2 is 2.04 bits per heavy atom. The first-order valence-electron chi connectivity index (χ1n) is 8.83. The van der Waals surface area contributed by atoms with Gasteiger partial charge in [-0.1, -0.05) is 6.92 Å². The highest BCUT2D eigenvalue weighted by Crippen LogP contribution is 2.30. The van der Waals surface area contributed by atoms with Gasteiger partial charge in [-0.15, -0.1) is 0 Å². The molecule has 0 aliphatic carbocycles. The van der Waals surface area contributed by atoms with Crippen LogP contribution in [0.25, 0.3) is 0 Å². The molecule has 4 heterocycles. The topological polar surface area (TPSA) is 61.7 Å². The van der Waals surface area contributed by atoms with Gasteiger partial charge in [-0.25, -0.2) is 4.98 Å². The molecule has 1 aromatic heterocycles. The van der Waals surface area contributed by atoms with Crippen LogP contribution in [0.15, 0.2) is 12.4 Å². The molecular weight excluding hydrogens is 326 g/mol. The van der Waals surface area contributed by atoms with Gasteiger partial charge >= 0.3 is 0 Å². The highest BCUT2D eigenvalue weighted by Gasteiger charge is 2.39. The highest BCUT2D eigenvalue weighted by atomic mass is 32.2. The maximum atomic E-state index is 12.5. The Hall–Kier alpha value is -0.960. The van der Waals surface area contributed by atoms with Gasteiger partial charge in [0, 0.05) is 58.7 Å². The van der Waals surface area contributed by atoms with Crippen LogP contribution in [0.2, 0.25) is 0 Å². The Labute approximate surface area is 145 Å². The average Bonchev–Trinajstić information content (AvgIpc) is 2.77. The van der Waals surface area contributed by atoms with Gasteiger partial charge in [0.05, 0.1) is 6.54 Å². The van der Waals surface area contributed by atoms with E-state index in [1.165, 1.54) is 4.31 Å². The van der Waals surface area contributed by atoms with Crippen molar-refractivity contribution in [1.29, 1.82) is 0 Å². The number of hydrogen-bond donors (Lipinski definition) is 0. The molecule has 3 aliphatic rings. The molecule has 0 unspecified atom stereocenters. The fraction of sp³-hybridized carbons (Fsp3) is 0.812. The van der Waals surface area contributed by atoms with Gasteiger partial charge in [0.1, 0.15) is 5.82 Å². The van der Waals surface area contributed by atoms with Crippen LogP contribution < -0.4 is 0 Å². The van der Waals surface area contributed by atoms with Crippen LogP contribution in [-0.2, 0) is 23.3 Å². The van der Waals surface area contributed by atoms with Crippen LogP contribution in [0.1, 0.15) is 32.0 Å². The van der Waals surface area contributed by atoms with E-state index in [4.69, 9.17) is 0 Å². The lowest BCUT2D eigenvalue weighted by Gasteiger charge is -2.35. The van der Waals surface area contributed by atoms with Crippen LogP contribution in [0.3, 0.4) is 0 Å². The summed E-state index contributed by atoms with van der Waals surface area (Å²) in [6.07, 6.45) is 7.18. The number of rotatable bonds is 6. The first-order valence-corrected chi connectivity index (χ1v) is 10.2. The standard InChI is InChI=1S/C16H29N5O2S/c1-4-8-19-9-7-17-16(19)13-20-10-14-5-6-15(20)12-21(11-14)24(22,23)18(2)3/h7,9,14-15H,4-6,8,10-13H2,1-3H3/t14-,15-/m0/s1. The molecule has 0 saturated carbocycles. The van der Waals surface area contributed by atoms with Crippen molar-refractivity contribution < 1.29 is 8.42 Å². The lowest BCUT2D eigenvalue weighted by Crippen LogP contribution is -2.46. The SMILES string of the molecule is CCCn1ccnc1CN1C[C@@H]2CC[C@H]1CN(S(=O)(=O)N(C)C)C2. The summed E-state index contributed by atoms with van der Waals surface area (Å²) in [7, 11) is -0.107. The van der Waals surface area contributed by atoms with Crippen molar-refractivity contribution in [1.82, 2.24) is 23.1 Å². The predicted molar refractivity (Wildman–Crippen MR) is 93.6 cm³/mol. The summed E-state index contributed by atoms with van der Waals surface area (Å²) in [6.45, 7) is 6.15. The van der Waals surface area contributed by atoms with Gasteiger partial charge < -0.3 is 4.57 Å². The summed E-state index contributed by atoms with van der Waals surface area (Å²) >= 11 is 0. The highest BCUT2D eigenvalue weighted by molar-refractivity contribution is 7.86. The number of aryl methyl sites for hydroxylation is 1. The molecule has 4 rings (SSSR count). The molecule has 3 aliphatic heterocycles. The van der Waals surface area contributed by atoms with Crippen molar-refractivity contribution in [2.45, 2.75) is 45.3 Å². The van der Waals surface area contributed by atoms with Crippen LogP contribution in [0, 0.1) is 5.92 Å². The van der Waals surface area contributed by atoms with Gasteiger partial charge in [-0.3, -0.25) is 4.90 Å². The third-order valence-corrected chi connectivity index (χ3v) is 7.07. The molecule has 3 saturated heterocycles. The van der Waals surface area contributed by atoms with Gasteiger partial charge in [0.2, 0.25) is 0 Å². The maximum absolute atomic E-state index is 12.5. The van der Waals surface area contributed by atoms with E-state index in [9.17, 15) is 8.42 Å². The number of fused-ring (bicyclic) bond motifs is 4. The first kappa shape index (κ1) is 17.8. The Morgan fingerprint density at radius 3 is 2.75 bits per heavy atom. The summed E-state index contributed by atoms with van der Waals surface area (Å²) in [5.74, 6) is 1.50. The lowest BCUT2D eigenvalue weighted by molar-refractivity contribution is 0.120. The largest absolute Gasteiger partial charge is 0.334 e. The monoisotopic (exact) mass is 355 g/mol. The molecular formula is C16H29N5O2S. The second-order valence-corrected chi connectivity index (χ2v) is 9.31. The summed E-state index contributed by atoms with van der Waals surface area (Å²) in [6, 6.07) is 0.283. The molecule has 0 spiro atoms. The summed E-state index contributed by atoms with van der Waals surface area (Å²) in [5.41, 5.74) is 0. The maximum Gasteiger partial charge on any atom is 0.281 e. The molecule has 8 heteroatoms. The average molecular weight is 356 g/mol. The van der Waals surface area contributed by atoms with Crippen molar-refractivity contribution >= 4 is 10.2 Å². The lowest BCUT2D eigenvalue weighted by atomic mass is 9.95. The number of imidazole rings is 1. The molecule has 2 bridgehead atoms. The zero-order chi connectivity index (χ0) is 17.3. The third kappa shape index (κ3) is 3.51. The Kier molecular flexibility index (Phi) is 5.29. The molecule has 24 heavy (non-hydrogen) atoms. The molecule has 7 nitrogen and oxygen atoms in total. The fourth-order valence-electron chi connectivity index (χ4n) is 3.87. The third-order valence-electron chi connectivity index (χ3n) is 5.19. The summed E-state index contributed by atoms with van der Waals surface area (Å²) in [5, 5.41) is 0. The smallest absolute Gasteiger partial charge is 0.281 e. The molecule has 2 atom stereocenters. The molecule has 1 aromatic rings. The van der Waals surface area contributed by atoms with Gasteiger partial charge in [-0.05, 0) is 25.2 Å². The van der Waals surface area contributed by atoms with Crippen molar-refractivity contribution in [2.75, 3.05) is 33.7 Å². The van der Waals surface area contributed by atoms with E-state index in [1.54, 1.807) is 18.4 Å². The number of piperidine rings is 1. The first-order chi connectivity index (χ1) is 11.4. The Bertz CT molecular complexity index is 657. The van der Waals surface area contributed by atoms with Crippen LogP contribution in [-0.4, -0.2) is 71.3 Å². The van der Waals surface area contributed by atoms with Crippen molar-refractivity contribution in [3.63, 3.8) is 0 Å². The van der Waals surface area contributed by atoms with Crippen molar-refractivity contribution in [3.05, 3.63) is 18.2 Å². The van der Waals surface area contributed by atoms with Gasteiger partial charge in [0.25, 0.3) is 10.2 Å². The Morgan fingerprint density at radius 1 is 1.25 bits per heavy atom. The quantitative estimate of drug-likeness (QED) is 0.764. The summed E-state index contributed by atoms with van der Waals surface area (Å²) in [4.78, 5) is 6.96. The zero-order valence-corrected chi connectivity index (χ0v) is 15.7. The van der Waals surface area contributed by atoms with Gasteiger partial charge in [-0.2, -0.15) is 17.0 Å². The number of aromatic nitrogens is 2. The van der Waals surface area contributed by atoms with Crippen LogP contribution in [0.5, 0.6) is 0 Å². The van der Waals surface area contributed by atoms with Crippen LogP contribution >= 0.6 is 0 Å². The molecule has 0 radical (unpaired) electrons.